The minimum absolute atomic E-state index is 0.0904. The van der Waals surface area contributed by atoms with Crippen molar-refractivity contribution in [2.75, 3.05) is 32.8 Å². The van der Waals surface area contributed by atoms with Gasteiger partial charge in [0.25, 0.3) is 0 Å². The van der Waals surface area contributed by atoms with Crippen LogP contribution in [0.5, 0.6) is 0 Å². The number of carbonyl (C=O) groups excluding carboxylic acids is 2. The Morgan fingerprint density at radius 2 is 1.72 bits per heavy atom. The van der Waals surface area contributed by atoms with Gasteiger partial charge in [-0.1, -0.05) is 12.1 Å². The number of amides is 1. The van der Waals surface area contributed by atoms with E-state index in [1.165, 1.54) is 12.1 Å². The van der Waals surface area contributed by atoms with Gasteiger partial charge in [0.05, 0.1) is 12.2 Å². The van der Waals surface area contributed by atoms with Gasteiger partial charge in [-0.25, -0.2) is 4.79 Å². The summed E-state index contributed by atoms with van der Waals surface area (Å²) in [6.07, 6.45) is -1.38. The lowest BCUT2D eigenvalue weighted by Gasteiger charge is -2.41. The third-order valence-corrected chi connectivity index (χ3v) is 5.83. The number of likely N-dealkylation sites (tertiary alicyclic amines) is 2. The number of hydrogen-bond donors (Lipinski definition) is 0. The van der Waals surface area contributed by atoms with Gasteiger partial charge in [-0.3, -0.25) is 9.69 Å². The van der Waals surface area contributed by atoms with Crippen molar-refractivity contribution in [3.63, 3.8) is 0 Å². The number of alkyl halides is 3. The van der Waals surface area contributed by atoms with Gasteiger partial charge in [0, 0.05) is 37.2 Å². The molecule has 2 fully saturated rings. The molecule has 0 spiro atoms. The Labute approximate surface area is 168 Å². The van der Waals surface area contributed by atoms with Gasteiger partial charge < -0.3 is 9.64 Å². The van der Waals surface area contributed by atoms with Crippen LogP contribution in [0, 0.1) is 5.92 Å². The maximum absolute atomic E-state index is 12.8. The molecule has 0 aliphatic carbocycles. The van der Waals surface area contributed by atoms with Gasteiger partial charge in [0.1, 0.15) is 0 Å². The second-order valence-electron chi connectivity index (χ2n) is 7.69. The van der Waals surface area contributed by atoms with Crippen molar-refractivity contribution in [3.8, 4) is 0 Å². The molecule has 0 bridgehead atoms. The predicted molar refractivity (Wildman–Crippen MR) is 102 cm³/mol. The standard InChI is InChI=1S/C21H27F3N2O3/c1-2-29-20(28)25-12-9-18(10-13-25)26-11-3-4-16(14-26)19(27)15-5-7-17(8-6-15)21(22,23)24/h5-8,16,18H,2-4,9-14H2,1H3/t16-/m0/s1. The molecule has 29 heavy (non-hydrogen) atoms. The minimum atomic E-state index is -4.40. The number of benzene rings is 1. The summed E-state index contributed by atoms with van der Waals surface area (Å²) in [5, 5.41) is 0. The van der Waals surface area contributed by atoms with Gasteiger partial charge in [0.15, 0.2) is 5.78 Å². The van der Waals surface area contributed by atoms with Crippen LogP contribution in [0.1, 0.15) is 48.5 Å². The molecule has 2 saturated heterocycles. The summed E-state index contributed by atoms with van der Waals surface area (Å²) in [5.41, 5.74) is -0.408. The Morgan fingerprint density at radius 3 is 2.31 bits per heavy atom. The van der Waals surface area contributed by atoms with Crippen molar-refractivity contribution in [1.29, 1.82) is 0 Å². The van der Waals surface area contributed by atoms with Crippen molar-refractivity contribution in [2.45, 2.75) is 44.8 Å². The Balaban J connectivity index is 1.57. The number of hydrogen-bond acceptors (Lipinski definition) is 4. The first-order valence-corrected chi connectivity index (χ1v) is 10.2. The van der Waals surface area contributed by atoms with Crippen LogP contribution in [0.4, 0.5) is 18.0 Å². The lowest BCUT2D eigenvalue weighted by atomic mass is 9.88. The van der Waals surface area contributed by atoms with E-state index < -0.39 is 11.7 Å². The molecule has 1 aromatic rings. The number of rotatable bonds is 4. The molecule has 3 rings (SSSR count). The molecule has 1 amide bonds. The van der Waals surface area contributed by atoms with Crippen molar-refractivity contribution >= 4 is 11.9 Å². The van der Waals surface area contributed by atoms with Crippen molar-refractivity contribution in [2.24, 2.45) is 5.92 Å². The highest BCUT2D eigenvalue weighted by Crippen LogP contribution is 2.30. The fourth-order valence-corrected chi connectivity index (χ4v) is 4.24. The number of carbonyl (C=O) groups is 2. The van der Waals surface area contributed by atoms with E-state index >= 15 is 0 Å². The molecule has 0 unspecified atom stereocenters. The first kappa shape index (κ1) is 21.6. The van der Waals surface area contributed by atoms with E-state index in [9.17, 15) is 22.8 Å². The number of ketones is 1. The third-order valence-electron chi connectivity index (χ3n) is 5.83. The van der Waals surface area contributed by atoms with Gasteiger partial charge in [-0.15, -0.1) is 0 Å². The predicted octanol–water partition coefficient (Wildman–Crippen LogP) is 4.22. The Hall–Kier alpha value is -2.09. The SMILES string of the molecule is CCOC(=O)N1CCC(N2CCC[C@H](C(=O)c3ccc(C(F)(F)F)cc3)C2)CC1. The van der Waals surface area contributed by atoms with E-state index in [4.69, 9.17) is 4.74 Å². The molecule has 1 aromatic carbocycles. The zero-order valence-corrected chi connectivity index (χ0v) is 16.6. The molecule has 2 aliphatic rings. The Kier molecular flexibility index (Phi) is 6.82. The molecule has 0 N–H and O–H groups in total. The van der Waals surface area contributed by atoms with Gasteiger partial charge in [0.2, 0.25) is 0 Å². The maximum Gasteiger partial charge on any atom is 0.416 e. The topological polar surface area (TPSA) is 49.9 Å². The summed E-state index contributed by atoms with van der Waals surface area (Å²) < 4.78 is 43.2. The molecule has 0 aromatic heterocycles. The van der Waals surface area contributed by atoms with Crippen LogP contribution >= 0.6 is 0 Å². The van der Waals surface area contributed by atoms with E-state index in [-0.39, 0.29) is 17.8 Å². The number of piperidine rings is 2. The average molecular weight is 412 g/mol. The smallest absolute Gasteiger partial charge is 0.416 e. The average Bonchev–Trinajstić information content (AvgIpc) is 2.73. The monoisotopic (exact) mass is 412 g/mol. The minimum Gasteiger partial charge on any atom is -0.450 e. The summed E-state index contributed by atoms with van der Waals surface area (Å²) in [4.78, 5) is 28.7. The van der Waals surface area contributed by atoms with Crippen LogP contribution in [0.15, 0.2) is 24.3 Å². The molecular weight excluding hydrogens is 385 g/mol. The van der Waals surface area contributed by atoms with E-state index in [0.29, 0.717) is 37.8 Å². The zero-order valence-electron chi connectivity index (χ0n) is 16.6. The summed E-state index contributed by atoms with van der Waals surface area (Å²) in [6, 6.07) is 4.81. The quantitative estimate of drug-likeness (QED) is 0.695. The summed E-state index contributed by atoms with van der Waals surface area (Å²) in [7, 11) is 0. The Bertz CT molecular complexity index is 713. The molecular formula is C21H27F3N2O3. The normalized spacial score (nSPS) is 21.8. The van der Waals surface area contributed by atoms with Crippen molar-refractivity contribution in [1.82, 2.24) is 9.80 Å². The van der Waals surface area contributed by atoms with E-state index in [0.717, 1.165) is 44.4 Å². The molecule has 1 atom stereocenters. The van der Waals surface area contributed by atoms with Gasteiger partial charge in [-0.05, 0) is 51.3 Å². The lowest BCUT2D eigenvalue weighted by Crippen LogP contribution is -2.50. The number of Topliss-reactive ketones (excluding diaryl/α,β-unsaturated/α-hetero) is 1. The van der Waals surface area contributed by atoms with Crippen LogP contribution in [0.3, 0.4) is 0 Å². The van der Waals surface area contributed by atoms with Crippen LogP contribution < -0.4 is 0 Å². The molecule has 5 nitrogen and oxygen atoms in total. The summed E-state index contributed by atoms with van der Waals surface area (Å²) in [6.45, 7) is 4.94. The fraction of sp³-hybridized carbons (Fsp3) is 0.619. The highest BCUT2D eigenvalue weighted by molar-refractivity contribution is 5.98. The molecule has 2 heterocycles. The van der Waals surface area contributed by atoms with Crippen LogP contribution in [0.2, 0.25) is 0 Å². The second-order valence-corrected chi connectivity index (χ2v) is 7.69. The largest absolute Gasteiger partial charge is 0.450 e. The van der Waals surface area contributed by atoms with E-state index in [1.54, 1.807) is 11.8 Å². The number of nitrogens with zero attached hydrogens (tertiary/aromatic N) is 2. The lowest BCUT2D eigenvalue weighted by molar-refractivity contribution is -0.137. The van der Waals surface area contributed by atoms with E-state index in [1.807, 2.05) is 0 Å². The highest BCUT2D eigenvalue weighted by Gasteiger charge is 2.34. The van der Waals surface area contributed by atoms with Crippen LogP contribution in [-0.2, 0) is 10.9 Å². The molecule has 8 heteroatoms. The first-order chi connectivity index (χ1) is 13.8. The summed E-state index contributed by atoms with van der Waals surface area (Å²) in [5.74, 6) is -0.295. The van der Waals surface area contributed by atoms with Crippen LogP contribution in [0.25, 0.3) is 0 Å². The fourth-order valence-electron chi connectivity index (χ4n) is 4.24. The van der Waals surface area contributed by atoms with Crippen molar-refractivity contribution in [3.05, 3.63) is 35.4 Å². The zero-order chi connectivity index (χ0) is 21.0. The van der Waals surface area contributed by atoms with Gasteiger partial charge in [-0.2, -0.15) is 13.2 Å². The second kappa shape index (κ2) is 9.15. The Morgan fingerprint density at radius 1 is 1.07 bits per heavy atom. The molecule has 0 radical (unpaired) electrons. The first-order valence-electron chi connectivity index (χ1n) is 10.2. The van der Waals surface area contributed by atoms with E-state index in [2.05, 4.69) is 4.90 Å². The maximum atomic E-state index is 12.8. The van der Waals surface area contributed by atoms with Crippen LogP contribution in [-0.4, -0.2) is 60.5 Å². The molecule has 160 valence electrons. The third kappa shape index (κ3) is 5.29. The summed E-state index contributed by atoms with van der Waals surface area (Å²) >= 11 is 0. The molecule has 2 aliphatic heterocycles. The number of halogens is 3. The number of ether oxygens (including phenoxy) is 1. The highest BCUT2D eigenvalue weighted by atomic mass is 19.4. The van der Waals surface area contributed by atoms with Crippen molar-refractivity contribution < 1.29 is 27.5 Å². The van der Waals surface area contributed by atoms with Gasteiger partial charge >= 0.3 is 12.3 Å². The molecule has 0 saturated carbocycles.